The van der Waals surface area contributed by atoms with E-state index in [9.17, 15) is 0 Å². The minimum Gasteiger partial charge on any atom is -0.496 e. The van der Waals surface area contributed by atoms with Crippen LogP contribution in [0.25, 0.3) is 0 Å². The Labute approximate surface area is 119 Å². The van der Waals surface area contributed by atoms with E-state index in [1.807, 2.05) is 23.3 Å². The van der Waals surface area contributed by atoms with E-state index in [1.165, 1.54) is 4.88 Å². The van der Waals surface area contributed by atoms with Gasteiger partial charge in [0, 0.05) is 16.8 Å². The first-order valence-corrected chi connectivity index (χ1v) is 7.39. The number of halogens is 1. The predicted octanol–water partition coefficient (Wildman–Crippen LogP) is 3.04. The average Bonchev–Trinajstić information content (AvgIpc) is 2.99. The van der Waals surface area contributed by atoms with E-state index in [0.29, 0.717) is 0 Å². The van der Waals surface area contributed by atoms with E-state index in [4.69, 9.17) is 4.74 Å². The molecule has 98 valence electrons. The summed E-state index contributed by atoms with van der Waals surface area (Å²) in [5, 5.41) is 9.71. The highest BCUT2D eigenvalue weighted by Gasteiger charge is 2.21. The SMILES string of the molecule is CCn1ncc(Br)c1C(NC)c1cc(OC)cs1. The van der Waals surface area contributed by atoms with Crippen molar-refractivity contribution in [3.05, 3.63) is 32.7 Å². The number of nitrogens with one attached hydrogen (secondary N) is 1. The van der Waals surface area contributed by atoms with Crippen LogP contribution in [0.15, 0.2) is 22.1 Å². The van der Waals surface area contributed by atoms with Gasteiger partial charge in [-0.3, -0.25) is 4.68 Å². The van der Waals surface area contributed by atoms with Gasteiger partial charge in [0.25, 0.3) is 0 Å². The number of thiophene rings is 1. The molecule has 2 rings (SSSR count). The summed E-state index contributed by atoms with van der Waals surface area (Å²) in [5.41, 5.74) is 1.14. The van der Waals surface area contributed by atoms with Crippen molar-refractivity contribution in [1.82, 2.24) is 15.1 Å². The van der Waals surface area contributed by atoms with Gasteiger partial charge in [-0.25, -0.2) is 0 Å². The van der Waals surface area contributed by atoms with Crippen molar-refractivity contribution in [3.63, 3.8) is 0 Å². The molecule has 1 N–H and O–H groups in total. The monoisotopic (exact) mass is 329 g/mol. The van der Waals surface area contributed by atoms with E-state index < -0.39 is 0 Å². The van der Waals surface area contributed by atoms with Gasteiger partial charge in [0.15, 0.2) is 0 Å². The van der Waals surface area contributed by atoms with Crippen molar-refractivity contribution in [1.29, 1.82) is 0 Å². The molecule has 4 nitrogen and oxygen atoms in total. The van der Waals surface area contributed by atoms with Crippen LogP contribution in [0.1, 0.15) is 23.5 Å². The van der Waals surface area contributed by atoms with Crippen molar-refractivity contribution >= 4 is 27.3 Å². The summed E-state index contributed by atoms with van der Waals surface area (Å²) in [5.74, 6) is 0.897. The van der Waals surface area contributed by atoms with Gasteiger partial charge in [0.2, 0.25) is 0 Å². The molecule has 0 aliphatic carbocycles. The molecule has 0 fully saturated rings. The first-order valence-electron chi connectivity index (χ1n) is 5.72. The number of ether oxygens (including phenoxy) is 1. The quantitative estimate of drug-likeness (QED) is 0.916. The molecule has 0 aromatic carbocycles. The summed E-state index contributed by atoms with van der Waals surface area (Å²) in [6, 6.07) is 2.18. The van der Waals surface area contributed by atoms with Gasteiger partial charge in [0.1, 0.15) is 5.75 Å². The predicted molar refractivity (Wildman–Crippen MR) is 77.4 cm³/mol. The maximum atomic E-state index is 5.24. The zero-order valence-corrected chi connectivity index (χ0v) is 13.0. The lowest BCUT2D eigenvalue weighted by Crippen LogP contribution is -2.20. The standard InChI is InChI=1S/C12H16BrN3OS/c1-4-16-12(9(13)6-15-16)11(14-2)10-5-8(17-3)7-18-10/h5-7,11,14H,4H2,1-3H3. The molecule has 0 saturated heterocycles. The van der Waals surface area contributed by atoms with Crippen LogP contribution in [0.4, 0.5) is 0 Å². The van der Waals surface area contributed by atoms with Crippen LogP contribution < -0.4 is 10.1 Å². The molecule has 0 bridgehead atoms. The van der Waals surface area contributed by atoms with E-state index in [-0.39, 0.29) is 6.04 Å². The third-order valence-electron chi connectivity index (χ3n) is 2.81. The summed E-state index contributed by atoms with van der Waals surface area (Å²) in [4.78, 5) is 1.21. The molecule has 2 aromatic heterocycles. The number of hydrogen-bond acceptors (Lipinski definition) is 4. The Balaban J connectivity index is 2.41. The van der Waals surface area contributed by atoms with E-state index >= 15 is 0 Å². The minimum atomic E-state index is 0.121. The van der Waals surface area contributed by atoms with Gasteiger partial charge < -0.3 is 10.1 Å². The average molecular weight is 330 g/mol. The van der Waals surface area contributed by atoms with Crippen molar-refractivity contribution in [2.45, 2.75) is 19.5 Å². The maximum Gasteiger partial charge on any atom is 0.129 e. The third-order valence-corrected chi connectivity index (χ3v) is 4.40. The van der Waals surface area contributed by atoms with E-state index in [0.717, 1.165) is 22.5 Å². The highest BCUT2D eigenvalue weighted by molar-refractivity contribution is 9.10. The smallest absolute Gasteiger partial charge is 0.129 e. The number of nitrogens with zero attached hydrogens (tertiary/aromatic N) is 2. The van der Waals surface area contributed by atoms with Crippen LogP contribution in [0.3, 0.4) is 0 Å². The maximum absolute atomic E-state index is 5.24. The van der Waals surface area contributed by atoms with Gasteiger partial charge in [-0.2, -0.15) is 5.10 Å². The van der Waals surface area contributed by atoms with Crippen molar-refractivity contribution in [2.24, 2.45) is 0 Å². The fourth-order valence-electron chi connectivity index (χ4n) is 1.92. The Morgan fingerprint density at radius 1 is 1.61 bits per heavy atom. The van der Waals surface area contributed by atoms with Crippen molar-refractivity contribution in [3.8, 4) is 5.75 Å². The highest BCUT2D eigenvalue weighted by atomic mass is 79.9. The second-order valence-electron chi connectivity index (χ2n) is 3.80. The summed E-state index contributed by atoms with van der Waals surface area (Å²) >= 11 is 5.25. The largest absolute Gasteiger partial charge is 0.496 e. The molecule has 2 aromatic rings. The lowest BCUT2D eigenvalue weighted by Gasteiger charge is -2.16. The highest BCUT2D eigenvalue weighted by Crippen LogP contribution is 2.34. The molecule has 0 spiro atoms. The number of hydrogen-bond donors (Lipinski definition) is 1. The second kappa shape index (κ2) is 5.86. The van der Waals surface area contributed by atoms with Crippen LogP contribution in [0, 0.1) is 0 Å². The van der Waals surface area contributed by atoms with E-state index in [2.05, 4.69) is 39.3 Å². The van der Waals surface area contributed by atoms with Gasteiger partial charge in [0.05, 0.1) is 29.5 Å². The molecule has 6 heteroatoms. The summed E-state index contributed by atoms with van der Waals surface area (Å²) in [6.45, 7) is 2.94. The fourth-order valence-corrected chi connectivity index (χ4v) is 3.41. The van der Waals surface area contributed by atoms with Gasteiger partial charge >= 0.3 is 0 Å². The molecule has 1 atom stereocenters. The first kappa shape index (κ1) is 13.6. The van der Waals surface area contributed by atoms with Gasteiger partial charge in [-0.1, -0.05) is 0 Å². The Morgan fingerprint density at radius 2 is 2.39 bits per heavy atom. The molecule has 0 radical (unpaired) electrons. The number of aromatic nitrogens is 2. The minimum absolute atomic E-state index is 0.121. The Bertz CT molecular complexity index is 523. The molecule has 1 unspecified atom stereocenters. The number of methoxy groups -OCH3 is 1. The third kappa shape index (κ3) is 2.46. The van der Waals surface area contributed by atoms with Crippen LogP contribution in [0.2, 0.25) is 0 Å². The molecular weight excluding hydrogens is 314 g/mol. The molecule has 0 aliphatic rings. The number of aryl methyl sites for hydroxylation is 1. The first-order chi connectivity index (χ1) is 8.71. The van der Waals surface area contributed by atoms with Gasteiger partial charge in [-0.15, -0.1) is 11.3 Å². The fraction of sp³-hybridized carbons (Fsp3) is 0.417. The van der Waals surface area contributed by atoms with Crippen LogP contribution in [-0.2, 0) is 6.54 Å². The Morgan fingerprint density at radius 3 is 2.94 bits per heavy atom. The summed E-state index contributed by atoms with van der Waals surface area (Å²) in [6.07, 6.45) is 1.84. The van der Waals surface area contributed by atoms with E-state index in [1.54, 1.807) is 18.4 Å². The Hall–Kier alpha value is -0.850. The Kier molecular flexibility index (Phi) is 4.42. The lowest BCUT2D eigenvalue weighted by molar-refractivity contribution is 0.416. The van der Waals surface area contributed by atoms with Crippen molar-refractivity contribution < 1.29 is 4.74 Å². The summed E-state index contributed by atoms with van der Waals surface area (Å²) < 4.78 is 8.26. The molecule has 18 heavy (non-hydrogen) atoms. The lowest BCUT2D eigenvalue weighted by atomic mass is 10.1. The molecular formula is C12H16BrN3OS. The topological polar surface area (TPSA) is 39.1 Å². The molecule has 0 amide bonds. The molecule has 0 saturated carbocycles. The molecule has 0 aliphatic heterocycles. The van der Waals surface area contributed by atoms with Crippen LogP contribution >= 0.6 is 27.3 Å². The summed E-state index contributed by atoms with van der Waals surface area (Å²) in [7, 11) is 3.64. The normalized spacial score (nSPS) is 12.7. The number of rotatable bonds is 5. The van der Waals surface area contributed by atoms with Crippen LogP contribution in [0.5, 0.6) is 5.75 Å². The van der Waals surface area contributed by atoms with Gasteiger partial charge in [-0.05, 0) is 36.0 Å². The van der Waals surface area contributed by atoms with Crippen LogP contribution in [-0.4, -0.2) is 23.9 Å². The van der Waals surface area contributed by atoms with Crippen molar-refractivity contribution in [2.75, 3.05) is 14.2 Å². The zero-order chi connectivity index (χ0) is 13.1. The second-order valence-corrected chi connectivity index (χ2v) is 5.60. The zero-order valence-electron chi connectivity index (χ0n) is 10.6. The molecule has 2 heterocycles.